The van der Waals surface area contributed by atoms with Crippen LogP contribution in [0.2, 0.25) is 0 Å². The Balaban J connectivity index is 1.64. The van der Waals surface area contributed by atoms with Crippen LogP contribution in [0.3, 0.4) is 0 Å². The van der Waals surface area contributed by atoms with Crippen molar-refractivity contribution in [2.45, 2.75) is 84.7 Å². The minimum atomic E-state index is -0.247. The van der Waals surface area contributed by atoms with Gasteiger partial charge in [0.05, 0.1) is 6.10 Å². The molecule has 0 radical (unpaired) electrons. The van der Waals surface area contributed by atoms with Gasteiger partial charge in [-0.25, -0.2) is 0 Å². The van der Waals surface area contributed by atoms with Crippen LogP contribution in [0.4, 0.5) is 0 Å². The summed E-state index contributed by atoms with van der Waals surface area (Å²) in [5, 5.41) is 14.3. The number of aliphatic hydroxyl groups excluding tert-OH is 1. The lowest BCUT2D eigenvalue weighted by atomic mass is 9.46. The Morgan fingerprint density at radius 1 is 1.23 bits per heavy atom. The molecule has 3 aliphatic rings. The van der Waals surface area contributed by atoms with Crippen LogP contribution < -0.4 is 0 Å². The van der Waals surface area contributed by atoms with Crippen molar-refractivity contribution in [2.24, 2.45) is 39.7 Å². The number of ketones is 1. The molecule has 3 fully saturated rings. The second-order valence-corrected chi connectivity index (χ2v) is 11.0. The topological polar surface area (TPSA) is 62.1 Å². The van der Waals surface area contributed by atoms with Gasteiger partial charge in [-0.2, -0.15) is 0 Å². The highest BCUT2D eigenvalue weighted by Gasteiger charge is 2.57. The zero-order chi connectivity index (χ0) is 21.9. The number of oxime groups is 1. The first kappa shape index (κ1) is 23.7. The number of rotatable bonds is 8. The van der Waals surface area contributed by atoms with Crippen LogP contribution in [0.15, 0.2) is 5.16 Å². The molecule has 172 valence electrons. The standard InChI is InChI=1S/C25H44N2O3/c1-6-18(11-14-26-30-16-15-27(4)5)25(3)13-10-22-21(23(25)29)8-7-19-17-20(28)9-12-24(19,22)2/h14,18-22,28H,6-13,15-17H2,1-5H3/b26-14+/t18-,19+,20-,21?,22?,24-,25+/m0/s1. The van der Waals surface area contributed by atoms with E-state index in [4.69, 9.17) is 4.84 Å². The van der Waals surface area contributed by atoms with Crippen LogP contribution in [0, 0.1) is 34.5 Å². The minimum absolute atomic E-state index is 0.132. The second kappa shape index (κ2) is 9.68. The molecule has 3 aliphatic carbocycles. The van der Waals surface area contributed by atoms with Gasteiger partial charge in [-0.15, -0.1) is 0 Å². The lowest BCUT2D eigenvalue weighted by Crippen LogP contribution is -2.56. The van der Waals surface area contributed by atoms with Crippen LogP contribution in [0.5, 0.6) is 0 Å². The van der Waals surface area contributed by atoms with E-state index in [-0.39, 0.29) is 22.9 Å². The zero-order valence-corrected chi connectivity index (χ0v) is 19.9. The molecule has 2 unspecified atom stereocenters. The third-order valence-electron chi connectivity index (χ3n) is 9.10. The second-order valence-electron chi connectivity index (χ2n) is 11.0. The molecule has 7 atom stereocenters. The van der Waals surface area contributed by atoms with E-state index in [1.807, 2.05) is 20.3 Å². The van der Waals surface area contributed by atoms with Gasteiger partial charge in [-0.1, -0.05) is 32.3 Å². The molecular weight excluding hydrogens is 376 g/mol. The largest absolute Gasteiger partial charge is 0.395 e. The maximum Gasteiger partial charge on any atom is 0.142 e. The lowest BCUT2D eigenvalue weighted by Gasteiger charge is -2.58. The Bertz CT molecular complexity index is 622. The highest BCUT2D eigenvalue weighted by Crippen LogP contribution is 2.61. The van der Waals surface area contributed by atoms with E-state index in [9.17, 15) is 9.90 Å². The van der Waals surface area contributed by atoms with E-state index >= 15 is 0 Å². The predicted molar refractivity (Wildman–Crippen MR) is 121 cm³/mol. The molecule has 5 nitrogen and oxygen atoms in total. The molecule has 3 saturated carbocycles. The van der Waals surface area contributed by atoms with Crippen molar-refractivity contribution in [1.29, 1.82) is 0 Å². The smallest absolute Gasteiger partial charge is 0.142 e. The van der Waals surface area contributed by atoms with Crippen LogP contribution in [0.25, 0.3) is 0 Å². The van der Waals surface area contributed by atoms with Crippen LogP contribution in [-0.4, -0.2) is 55.4 Å². The molecule has 5 heteroatoms. The first-order chi connectivity index (χ1) is 14.2. The number of hydrogen-bond acceptors (Lipinski definition) is 5. The Morgan fingerprint density at radius 3 is 2.70 bits per heavy atom. The lowest BCUT2D eigenvalue weighted by molar-refractivity contribution is -0.157. The molecule has 1 N–H and O–H groups in total. The summed E-state index contributed by atoms with van der Waals surface area (Å²) in [6.45, 7) is 8.29. The van der Waals surface area contributed by atoms with E-state index in [0.29, 0.717) is 30.1 Å². The fourth-order valence-corrected chi connectivity index (χ4v) is 7.00. The van der Waals surface area contributed by atoms with Gasteiger partial charge in [0.2, 0.25) is 0 Å². The number of carbonyl (C=O) groups excluding carboxylic acids is 1. The van der Waals surface area contributed by atoms with Gasteiger partial charge in [0.15, 0.2) is 0 Å². The van der Waals surface area contributed by atoms with Gasteiger partial charge >= 0.3 is 0 Å². The Hall–Kier alpha value is -0.940. The number of likely N-dealkylation sites (N-methyl/N-ethyl adjacent to an activating group) is 1. The number of carbonyl (C=O) groups is 1. The van der Waals surface area contributed by atoms with Crippen LogP contribution >= 0.6 is 0 Å². The number of Topliss-reactive ketones (excluding diaryl/α,β-unsaturated/α-hetero) is 1. The summed E-state index contributed by atoms with van der Waals surface area (Å²) in [6.07, 6.45) is 10.8. The maximum atomic E-state index is 13.8. The van der Waals surface area contributed by atoms with Gasteiger partial charge in [0.1, 0.15) is 12.4 Å². The molecule has 0 saturated heterocycles. The quantitative estimate of drug-likeness (QED) is 0.356. The van der Waals surface area contributed by atoms with Gasteiger partial charge in [0, 0.05) is 24.1 Å². The van der Waals surface area contributed by atoms with Crippen molar-refractivity contribution in [2.75, 3.05) is 27.2 Å². The summed E-state index contributed by atoms with van der Waals surface area (Å²) in [5.41, 5.74) is -0.00840. The fourth-order valence-electron chi connectivity index (χ4n) is 7.00. The molecule has 0 spiro atoms. The zero-order valence-electron chi connectivity index (χ0n) is 19.9. The van der Waals surface area contributed by atoms with Crippen molar-refractivity contribution in [3.8, 4) is 0 Å². The first-order valence-corrected chi connectivity index (χ1v) is 12.2. The highest BCUT2D eigenvalue weighted by molar-refractivity contribution is 5.88. The SMILES string of the molecule is CC[C@@H](C/C=N/OCCN(C)C)[C@@]1(C)CCC2C(CC[C@@H]3C[C@@H](O)CC[C@]23C)C1=O. The third-order valence-corrected chi connectivity index (χ3v) is 9.10. The number of nitrogens with zero attached hydrogens (tertiary/aromatic N) is 2. The van der Waals surface area contributed by atoms with Crippen LogP contribution in [-0.2, 0) is 9.63 Å². The molecule has 0 amide bonds. The van der Waals surface area contributed by atoms with Gasteiger partial charge in [0.25, 0.3) is 0 Å². The molecule has 0 aromatic carbocycles. The minimum Gasteiger partial charge on any atom is -0.395 e. The molecular formula is C25H44N2O3. The first-order valence-electron chi connectivity index (χ1n) is 12.2. The Morgan fingerprint density at radius 2 is 2.00 bits per heavy atom. The number of fused-ring (bicyclic) bond motifs is 3. The van der Waals surface area contributed by atoms with Crippen molar-refractivity contribution in [1.82, 2.24) is 4.90 Å². The molecule has 0 aliphatic heterocycles. The summed E-state index contributed by atoms with van der Waals surface area (Å²) in [7, 11) is 4.04. The van der Waals surface area contributed by atoms with E-state index in [0.717, 1.165) is 64.3 Å². The number of hydrogen-bond donors (Lipinski definition) is 1. The van der Waals surface area contributed by atoms with E-state index in [2.05, 4.69) is 30.8 Å². The van der Waals surface area contributed by atoms with Crippen molar-refractivity contribution in [3.05, 3.63) is 0 Å². The van der Waals surface area contributed by atoms with E-state index < -0.39 is 0 Å². The maximum absolute atomic E-state index is 13.8. The molecule has 0 aromatic rings. The average Bonchev–Trinajstić information content (AvgIpc) is 2.70. The molecule has 0 heterocycles. The highest BCUT2D eigenvalue weighted by atomic mass is 16.6. The summed E-state index contributed by atoms with van der Waals surface area (Å²) in [6, 6.07) is 0. The van der Waals surface area contributed by atoms with E-state index in [1.165, 1.54) is 0 Å². The molecule has 0 aromatic heterocycles. The van der Waals surface area contributed by atoms with Crippen molar-refractivity contribution < 1.29 is 14.7 Å². The Kier molecular flexibility index (Phi) is 7.66. The monoisotopic (exact) mass is 420 g/mol. The number of aliphatic hydroxyl groups is 1. The summed E-state index contributed by atoms with van der Waals surface area (Å²) in [4.78, 5) is 21.3. The van der Waals surface area contributed by atoms with Gasteiger partial charge < -0.3 is 14.8 Å². The predicted octanol–water partition coefficient (Wildman–Crippen LogP) is 4.53. The van der Waals surface area contributed by atoms with Crippen molar-refractivity contribution >= 4 is 12.0 Å². The summed E-state index contributed by atoms with van der Waals surface area (Å²) in [5.74, 6) is 2.14. The molecule has 30 heavy (non-hydrogen) atoms. The van der Waals surface area contributed by atoms with Crippen LogP contribution in [0.1, 0.15) is 78.6 Å². The summed E-state index contributed by atoms with van der Waals surface area (Å²) < 4.78 is 0. The summed E-state index contributed by atoms with van der Waals surface area (Å²) >= 11 is 0. The fraction of sp³-hybridized carbons (Fsp3) is 0.920. The Labute approximate surface area is 183 Å². The normalized spacial score (nSPS) is 40.3. The van der Waals surface area contributed by atoms with Gasteiger partial charge in [-0.05, 0) is 88.6 Å². The average molecular weight is 421 g/mol. The van der Waals surface area contributed by atoms with E-state index in [1.54, 1.807) is 0 Å². The van der Waals surface area contributed by atoms with Crippen molar-refractivity contribution in [3.63, 3.8) is 0 Å². The molecule has 3 rings (SSSR count). The third kappa shape index (κ3) is 4.62. The van der Waals surface area contributed by atoms with Gasteiger partial charge in [-0.3, -0.25) is 4.79 Å². The molecule has 0 bridgehead atoms.